The van der Waals surface area contributed by atoms with Crippen LogP contribution in [0.1, 0.15) is 194 Å². The third kappa shape index (κ3) is 30.5. The summed E-state index contributed by atoms with van der Waals surface area (Å²) in [5, 5.41) is 72.2. The molecule has 2 saturated heterocycles. The summed E-state index contributed by atoms with van der Waals surface area (Å²) in [6.45, 7) is 2.45. The van der Waals surface area contributed by atoms with Crippen LogP contribution in [0.3, 0.4) is 0 Å². The van der Waals surface area contributed by atoms with Crippen molar-refractivity contribution in [2.45, 2.75) is 261 Å². The molecule has 2 aliphatic heterocycles. The first-order chi connectivity index (χ1) is 35.0. The van der Waals surface area contributed by atoms with Crippen molar-refractivity contribution in [2.75, 3.05) is 26.4 Å². The van der Waals surface area contributed by atoms with Crippen molar-refractivity contribution in [3.8, 4) is 0 Å². The number of ether oxygens (including phenoxy) is 6. The van der Waals surface area contributed by atoms with E-state index in [1.54, 1.807) is 0 Å². The van der Waals surface area contributed by atoms with E-state index in [9.17, 15) is 45.3 Å². The zero-order chi connectivity index (χ0) is 52.4. The van der Waals surface area contributed by atoms with E-state index >= 15 is 0 Å². The lowest BCUT2D eigenvalue weighted by atomic mass is 9.98. The van der Waals surface area contributed by atoms with Crippen LogP contribution in [0.5, 0.6) is 0 Å². The Balaban J connectivity index is 1.78. The second-order valence-corrected chi connectivity index (χ2v) is 19.4. The van der Waals surface area contributed by atoms with Crippen molar-refractivity contribution in [1.29, 1.82) is 0 Å². The highest BCUT2D eigenvalue weighted by molar-refractivity contribution is 5.70. The topological polar surface area (TPSA) is 231 Å². The van der Waals surface area contributed by atoms with Gasteiger partial charge in [0.1, 0.15) is 55.4 Å². The number of carbonyl (C=O) groups excluding carboxylic acids is 2. The van der Waals surface area contributed by atoms with E-state index in [0.717, 1.165) is 70.6 Å². The second-order valence-electron chi connectivity index (χ2n) is 19.4. The molecular weight excluding hydrogens is 925 g/mol. The molecule has 416 valence electrons. The average Bonchev–Trinajstić information content (AvgIpc) is 3.37. The summed E-state index contributed by atoms with van der Waals surface area (Å²) in [6, 6.07) is 0. The minimum Gasteiger partial charge on any atom is -0.462 e. The Labute approximate surface area is 432 Å². The summed E-state index contributed by atoms with van der Waals surface area (Å²) in [5.41, 5.74) is 0. The summed E-state index contributed by atoms with van der Waals surface area (Å²) in [7, 11) is 0. The molecule has 0 saturated carbocycles. The van der Waals surface area contributed by atoms with E-state index in [1.807, 2.05) is 0 Å². The first kappa shape index (κ1) is 65.3. The molecule has 2 aliphatic rings. The monoisotopic (exact) mass is 1020 g/mol. The van der Waals surface area contributed by atoms with Gasteiger partial charge in [-0.2, -0.15) is 0 Å². The van der Waals surface area contributed by atoms with Gasteiger partial charge in [-0.3, -0.25) is 9.59 Å². The Morgan fingerprint density at radius 2 is 0.875 bits per heavy atom. The van der Waals surface area contributed by atoms with Gasteiger partial charge in [-0.1, -0.05) is 164 Å². The standard InChI is InChI=1S/C57H98O15/c1-3-5-7-9-11-13-15-17-19-21-22-24-25-27-29-31-33-35-37-39-48(59)67-42-45(70-49(60)40-38-36-34-32-30-28-26-23-20-18-16-14-12-10-8-6-4-2)43-68-56-55(66)53(64)51(62)47(72-56)44-69-57-54(65)52(63)50(61)46(41-58)71-57/h6,8,12,14,17-20,26,28,45-47,50-58,61-66H,3-5,7,9-11,13,15-16,21-25,27,29-44H2,1-2H3/b8-6-,14-12-,19-17-,20-18-,28-26-. The Morgan fingerprint density at radius 1 is 0.458 bits per heavy atom. The lowest BCUT2D eigenvalue weighted by molar-refractivity contribution is -0.332. The van der Waals surface area contributed by atoms with Gasteiger partial charge in [0.25, 0.3) is 0 Å². The number of aliphatic hydroxyl groups is 7. The minimum absolute atomic E-state index is 0.135. The van der Waals surface area contributed by atoms with Crippen molar-refractivity contribution in [3.63, 3.8) is 0 Å². The van der Waals surface area contributed by atoms with Crippen molar-refractivity contribution in [3.05, 3.63) is 60.8 Å². The lowest BCUT2D eigenvalue weighted by Gasteiger charge is -2.42. The predicted octanol–water partition coefficient (Wildman–Crippen LogP) is 8.83. The molecule has 0 aromatic rings. The highest BCUT2D eigenvalue weighted by Gasteiger charge is 2.47. The average molecular weight is 1020 g/mol. The Bertz CT molecular complexity index is 1480. The molecule has 0 aromatic heterocycles. The molecule has 7 N–H and O–H groups in total. The fourth-order valence-electron chi connectivity index (χ4n) is 8.44. The van der Waals surface area contributed by atoms with E-state index in [0.29, 0.717) is 12.8 Å². The highest BCUT2D eigenvalue weighted by Crippen LogP contribution is 2.26. The van der Waals surface area contributed by atoms with Crippen LogP contribution in [-0.2, 0) is 38.0 Å². The molecule has 15 heteroatoms. The largest absolute Gasteiger partial charge is 0.462 e. The van der Waals surface area contributed by atoms with E-state index in [-0.39, 0.29) is 19.4 Å². The normalized spacial score (nSPS) is 25.5. The first-order valence-corrected chi connectivity index (χ1v) is 27.9. The van der Waals surface area contributed by atoms with Crippen LogP contribution in [0.25, 0.3) is 0 Å². The molecule has 0 bridgehead atoms. The highest BCUT2D eigenvalue weighted by atomic mass is 16.7. The first-order valence-electron chi connectivity index (χ1n) is 27.9. The number of hydrogen-bond acceptors (Lipinski definition) is 15. The van der Waals surface area contributed by atoms with Crippen LogP contribution in [0.4, 0.5) is 0 Å². The fraction of sp³-hybridized carbons (Fsp3) is 0.789. The molecule has 11 unspecified atom stereocenters. The Morgan fingerprint density at radius 3 is 1.39 bits per heavy atom. The molecule has 2 heterocycles. The molecule has 0 radical (unpaired) electrons. The maximum atomic E-state index is 13.0. The number of allylic oxidation sites excluding steroid dienone is 10. The van der Waals surface area contributed by atoms with Gasteiger partial charge >= 0.3 is 11.9 Å². The summed E-state index contributed by atoms with van der Waals surface area (Å²) < 4.78 is 33.6. The maximum absolute atomic E-state index is 13.0. The fourth-order valence-corrected chi connectivity index (χ4v) is 8.44. The van der Waals surface area contributed by atoms with Crippen LogP contribution in [-0.4, -0.2) is 142 Å². The summed E-state index contributed by atoms with van der Waals surface area (Å²) in [5.74, 6) is -0.955. The molecule has 0 amide bonds. The minimum atomic E-state index is -1.77. The van der Waals surface area contributed by atoms with Crippen LogP contribution >= 0.6 is 0 Å². The molecular formula is C57H98O15. The molecule has 2 rings (SSSR count). The zero-order valence-corrected chi connectivity index (χ0v) is 44.1. The van der Waals surface area contributed by atoms with Gasteiger partial charge in [0.05, 0.1) is 19.8 Å². The summed E-state index contributed by atoms with van der Waals surface area (Å²) in [4.78, 5) is 25.8. The van der Waals surface area contributed by atoms with Crippen LogP contribution in [0, 0.1) is 0 Å². The Kier molecular flexibility index (Phi) is 39.4. The maximum Gasteiger partial charge on any atom is 0.306 e. The molecule has 0 spiro atoms. The molecule has 0 aromatic carbocycles. The number of esters is 2. The number of aliphatic hydroxyl groups excluding tert-OH is 7. The third-order valence-corrected chi connectivity index (χ3v) is 13.0. The summed E-state index contributed by atoms with van der Waals surface area (Å²) in [6.07, 6.45) is 33.8. The lowest BCUT2D eigenvalue weighted by Crippen LogP contribution is -2.61. The molecule has 0 aliphatic carbocycles. The van der Waals surface area contributed by atoms with Gasteiger partial charge in [0, 0.05) is 12.8 Å². The number of hydrogen-bond donors (Lipinski definition) is 7. The number of rotatable bonds is 43. The van der Waals surface area contributed by atoms with Gasteiger partial charge in [-0.15, -0.1) is 0 Å². The Hall–Kier alpha value is -2.80. The third-order valence-electron chi connectivity index (χ3n) is 13.0. The molecule has 72 heavy (non-hydrogen) atoms. The summed E-state index contributed by atoms with van der Waals surface area (Å²) >= 11 is 0. The molecule has 15 nitrogen and oxygen atoms in total. The zero-order valence-electron chi connectivity index (χ0n) is 44.1. The van der Waals surface area contributed by atoms with Crippen molar-refractivity contribution >= 4 is 11.9 Å². The predicted molar refractivity (Wildman–Crippen MR) is 280 cm³/mol. The van der Waals surface area contributed by atoms with Crippen LogP contribution in [0.2, 0.25) is 0 Å². The van der Waals surface area contributed by atoms with Crippen molar-refractivity contribution in [1.82, 2.24) is 0 Å². The van der Waals surface area contributed by atoms with Gasteiger partial charge in [0.15, 0.2) is 18.7 Å². The van der Waals surface area contributed by atoms with E-state index in [2.05, 4.69) is 74.6 Å². The SMILES string of the molecule is CC/C=C\C/C=C\C/C=C\C/C=C\CCCCCCC(=O)OC(COC(=O)CCCCCCCCCCC/C=C\CCCCCCCC)COC1OC(COC2OC(CO)C(O)C(O)C2O)C(O)C(O)C1O. The van der Waals surface area contributed by atoms with Gasteiger partial charge in [0.2, 0.25) is 0 Å². The quantitative estimate of drug-likeness (QED) is 0.0172. The van der Waals surface area contributed by atoms with Crippen molar-refractivity contribution < 1.29 is 73.8 Å². The van der Waals surface area contributed by atoms with E-state index < -0.39 is 99.3 Å². The number of carbonyl (C=O) groups is 2. The van der Waals surface area contributed by atoms with E-state index in [4.69, 9.17) is 28.4 Å². The molecule has 2 fully saturated rings. The van der Waals surface area contributed by atoms with Crippen LogP contribution in [0.15, 0.2) is 60.8 Å². The van der Waals surface area contributed by atoms with Crippen LogP contribution < -0.4 is 0 Å². The molecule has 11 atom stereocenters. The van der Waals surface area contributed by atoms with Gasteiger partial charge in [-0.05, 0) is 77.0 Å². The van der Waals surface area contributed by atoms with E-state index in [1.165, 1.54) is 83.5 Å². The van der Waals surface area contributed by atoms with Gasteiger partial charge in [-0.25, -0.2) is 0 Å². The number of unbranched alkanes of at least 4 members (excludes halogenated alkanes) is 19. The second kappa shape index (κ2) is 43.4. The van der Waals surface area contributed by atoms with Gasteiger partial charge < -0.3 is 64.2 Å². The smallest absolute Gasteiger partial charge is 0.306 e. The van der Waals surface area contributed by atoms with Crippen molar-refractivity contribution in [2.24, 2.45) is 0 Å².